The molecule has 0 amide bonds. The van der Waals surface area contributed by atoms with Crippen molar-refractivity contribution < 1.29 is 4.74 Å². The van der Waals surface area contributed by atoms with Gasteiger partial charge in [0.2, 0.25) is 5.65 Å². The van der Waals surface area contributed by atoms with Gasteiger partial charge in [-0.15, -0.1) is 10.2 Å². The molecular formula is C17H19N5O. The van der Waals surface area contributed by atoms with Crippen LogP contribution in [0, 0.1) is 0 Å². The Labute approximate surface area is 134 Å². The molecule has 6 nitrogen and oxygen atoms in total. The predicted octanol–water partition coefficient (Wildman–Crippen LogP) is 2.41. The normalized spacial score (nSPS) is 17.7. The Kier molecular flexibility index (Phi) is 3.67. The van der Waals surface area contributed by atoms with E-state index in [-0.39, 0.29) is 6.10 Å². The summed E-state index contributed by atoms with van der Waals surface area (Å²) in [5.74, 6) is 0. The van der Waals surface area contributed by atoms with E-state index >= 15 is 0 Å². The van der Waals surface area contributed by atoms with Gasteiger partial charge in [-0.2, -0.15) is 9.61 Å². The van der Waals surface area contributed by atoms with Gasteiger partial charge in [0.25, 0.3) is 0 Å². The zero-order chi connectivity index (χ0) is 15.6. The van der Waals surface area contributed by atoms with Crippen LogP contribution in [0.1, 0.15) is 12.8 Å². The minimum atomic E-state index is 0.288. The predicted molar refractivity (Wildman–Crippen MR) is 88.5 cm³/mol. The number of hydrogen-bond acceptors (Lipinski definition) is 5. The standard InChI is InChI=1S/C17H19N5O/c1-21(11-14-8-5-9-23-14)16-10-15(13-6-3-2-4-7-13)20-22-12-18-19-17(16)22/h2-4,6-7,10,12,14H,5,8-9,11H2,1H3. The molecular weight excluding hydrogens is 290 g/mol. The molecule has 23 heavy (non-hydrogen) atoms. The van der Waals surface area contributed by atoms with Gasteiger partial charge in [-0.1, -0.05) is 30.3 Å². The largest absolute Gasteiger partial charge is 0.376 e. The number of hydrogen-bond donors (Lipinski definition) is 0. The summed E-state index contributed by atoms with van der Waals surface area (Å²) in [6, 6.07) is 12.2. The van der Waals surface area contributed by atoms with Crippen LogP contribution in [-0.4, -0.2) is 46.1 Å². The highest BCUT2D eigenvalue weighted by Crippen LogP contribution is 2.26. The molecule has 1 atom stereocenters. The van der Waals surface area contributed by atoms with Gasteiger partial charge in [0, 0.05) is 25.8 Å². The lowest BCUT2D eigenvalue weighted by Crippen LogP contribution is -2.29. The molecule has 4 rings (SSSR count). The van der Waals surface area contributed by atoms with E-state index in [0.29, 0.717) is 0 Å². The lowest BCUT2D eigenvalue weighted by Gasteiger charge is -2.23. The fourth-order valence-electron chi connectivity index (χ4n) is 3.03. The minimum absolute atomic E-state index is 0.288. The molecule has 3 heterocycles. The van der Waals surface area contributed by atoms with Gasteiger partial charge in [0.1, 0.15) is 6.33 Å². The Morgan fingerprint density at radius 2 is 2.17 bits per heavy atom. The van der Waals surface area contributed by atoms with Crippen LogP contribution in [0.2, 0.25) is 0 Å². The smallest absolute Gasteiger partial charge is 0.200 e. The molecule has 118 valence electrons. The van der Waals surface area contributed by atoms with Crippen LogP contribution in [0.4, 0.5) is 5.69 Å². The van der Waals surface area contributed by atoms with Gasteiger partial charge >= 0.3 is 0 Å². The van der Waals surface area contributed by atoms with Crippen molar-refractivity contribution in [3.8, 4) is 11.3 Å². The molecule has 1 aliphatic heterocycles. The van der Waals surface area contributed by atoms with Gasteiger partial charge in [0.05, 0.1) is 17.5 Å². The molecule has 0 aliphatic carbocycles. The van der Waals surface area contributed by atoms with Crippen molar-refractivity contribution in [1.82, 2.24) is 19.8 Å². The Morgan fingerprint density at radius 1 is 1.30 bits per heavy atom. The zero-order valence-electron chi connectivity index (χ0n) is 13.1. The molecule has 1 aromatic carbocycles. The maximum atomic E-state index is 5.75. The van der Waals surface area contributed by atoms with E-state index in [1.807, 2.05) is 18.2 Å². The second-order valence-electron chi connectivity index (χ2n) is 5.90. The highest BCUT2D eigenvalue weighted by atomic mass is 16.5. The van der Waals surface area contributed by atoms with E-state index < -0.39 is 0 Å². The van der Waals surface area contributed by atoms with Crippen molar-refractivity contribution in [2.75, 3.05) is 25.1 Å². The monoisotopic (exact) mass is 309 g/mol. The number of likely N-dealkylation sites (N-methyl/N-ethyl adjacent to an activating group) is 1. The molecule has 0 N–H and O–H groups in total. The summed E-state index contributed by atoms with van der Waals surface area (Å²) in [7, 11) is 2.07. The van der Waals surface area contributed by atoms with E-state index in [1.54, 1.807) is 10.8 Å². The molecule has 3 aromatic rings. The van der Waals surface area contributed by atoms with Gasteiger partial charge < -0.3 is 9.64 Å². The number of nitrogens with zero attached hydrogens (tertiary/aromatic N) is 5. The van der Waals surface area contributed by atoms with Gasteiger partial charge in [-0.25, -0.2) is 0 Å². The number of aromatic nitrogens is 4. The molecule has 0 spiro atoms. The fraction of sp³-hybridized carbons (Fsp3) is 0.353. The SMILES string of the molecule is CN(CC1CCCO1)c1cc(-c2ccccc2)nn2cnnc12. The lowest BCUT2D eigenvalue weighted by molar-refractivity contribution is 0.116. The third-order valence-electron chi connectivity index (χ3n) is 4.23. The van der Waals surface area contributed by atoms with E-state index in [0.717, 1.165) is 48.6 Å². The molecule has 0 radical (unpaired) electrons. The maximum absolute atomic E-state index is 5.75. The van der Waals surface area contributed by atoms with Crippen molar-refractivity contribution in [3.05, 3.63) is 42.7 Å². The number of fused-ring (bicyclic) bond motifs is 1. The first-order chi connectivity index (χ1) is 11.3. The minimum Gasteiger partial charge on any atom is -0.376 e. The fourth-order valence-corrected chi connectivity index (χ4v) is 3.03. The second-order valence-corrected chi connectivity index (χ2v) is 5.90. The number of ether oxygens (including phenoxy) is 1. The van der Waals surface area contributed by atoms with Crippen LogP contribution >= 0.6 is 0 Å². The maximum Gasteiger partial charge on any atom is 0.200 e. The van der Waals surface area contributed by atoms with E-state index in [9.17, 15) is 0 Å². The molecule has 1 aliphatic rings. The summed E-state index contributed by atoms with van der Waals surface area (Å²) < 4.78 is 7.49. The Bertz CT molecular complexity index is 795. The van der Waals surface area contributed by atoms with Gasteiger partial charge in [-0.05, 0) is 18.9 Å². The Balaban J connectivity index is 1.73. The molecule has 1 unspecified atom stereocenters. The average molecular weight is 309 g/mol. The van der Waals surface area contributed by atoms with Gasteiger partial charge in [-0.3, -0.25) is 0 Å². The topological polar surface area (TPSA) is 55.5 Å². The summed E-state index contributed by atoms with van der Waals surface area (Å²) in [4.78, 5) is 2.19. The molecule has 0 saturated carbocycles. The first kappa shape index (κ1) is 14.1. The third-order valence-corrected chi connectivity index (χ3v) is 4.23. The zero-order valence-corrected chi connectivity index (χ0v) is 13.1. The number of rotatable bonds is 4. The van der Waals surface area contributed by atoms with Crippen LogP contribution in [0.3, 0.4) is 0 Å². The number of benzene rings is 1. The summed E-state index contributed by atoms with van der Waals surface area (Å²) in [5.41, 5.74) is 3.78. The van der Waals surface area contributed by atoms with Crippen molar-refractivity contribution in [3.63, 3.8) is 0 Å². The molecule has 1 saturated heterocycles. The Morgan fingerprint density at radius 3 is 2.96 bits per heavy atom. The summed E-state index contributed by atoms with van der Waals surface area (Å²) in [6.07, 6.45) is 4.19. The lowest BCUT2D eigenvalue weighted by atomic mass is 10.1. The summed E-state index contributed by atoms with van der Waals surface area (Å²) in [6.45, 7) is 1.71. The van der Waals surface area contributed by atoms with Crippen LogP contribution < -0.4 is 4.90 Å². The second kappa shape index (κ2) is 5.96. The summed E-state index contributed by atoms with van der Waals surface area (Å²) >= 11 is 0. The van der Waals surface area contributed by atoms with E-state index in [1.165, 1.54) is 0 Å². The third kappa shape index (κ3) is 2.77. The molecule has 0 bridgehead atoms. The van der Waals surface area contributed by atoms with Gasteiger partial charge in [0.15, 0.2) is 0 Å². The van der Waals surface area contributed by atoms with Crippen LogP contribution in [0.25, 0.3) is 16.9 Å². The highest BCUT2D eigenvalue weighted by molar-refractivity contribution is 5.74. The highest BCUT2D eigenvalue weighted by Gasteiger charge is 2.20. The molecule has 2 aromatic heterocycles. The molecule has 1 fully saturated rings. The first-order valence-electron chi connectivity index (χ1n) is 7.90. The first-order valence-corrected chi connectivity index (χ1v) is 7.90. The molecule has 6 heteroatoms. The van der Waals surface area contributed by atoms with Crippen LogP contribution in [0.5, 0.6) is 0 Å². The van der Waals surface area contributed by atoms with Crippen LogP contribution in [0.15, 0.2) is 42.7 Å². The Hall–Kier alpha value is -2.47. The van der Waals surface area contributed by atoms with Crippen molar-refractivity contribution in [2.45, 2.75) is 18.9 Å². The van der Waals surface area contributed by atoms with Crippen molar-refractivity contribution in [2.24, 2.45) is 0 Å². The van der Waals surface area contributed by atoms with E-state index in [2.05, 4.69) is 45.4 Å². The average Bonchev–Trinajstić information content (AvgIpc) is 3.25. The van der Waals surface area contributed by atoms with Crippen LogP contribution in [-0.2, 0) is 4.74 Å². The number of anilines is 1. The summed E-state index contributed by atoms with van der Waals surface area (Å²) in [5, 5.41) is 12.8. The van der Waals surface area contributed by atoms with Crippen molar-refractivity contribution >= 4 is 11.3 Å². The van der Waals surface area contributed by atoms with Crippen molar-refractivity contribution in [1.29, 1.82) is 0 Å². The van der Waals surface area contributed by atoms with E-state index in [4.69, 9.17) is 4.74 Å². The quantitative estimate of drug-likeness (QED) is 0.741.